The molecule has 0 bridgehead atoms. The van der Waals surface area contributed by atoms with Crippen molar-refractivity contribution in [3.8, 4) is 0 Å². The second kappa shape index (κ2) is 5.28. The van der Waals surface area contributed by atoms with Gasteiger partial charge in [0.1, 0.15) is 0 Å². The number of nitrogens with one attached hydrogen (secondary N) is 1. The van der Waals surface area contributed by atoms with E-state index in [4.69, 9.17) is 0 Å². The second-order valence-electron chi connectivity index (χ2n) is 5.16. The summed E-state index contributed by atoms with van der Waals surface area (Å²) in [7, 11) is 0. The van der Waals surface area contributed by atoms with Gasteiger partial charge in [0, 0.05) is 19.6 Å². The van der Waals surface area contributed by atoms with E-state index < -0.39 is 0 Å². The van der Waals surface area contributed by atoms with Gasteiger partial charge in [0.15, 0.2) is 0 Å². The van der Waals surface area contributed by atoms with Gasteiger partial charge >= 0.3 is 0 Å². The minimum absolute atomic E-state index is 0.372. The van der Waals surface area contributed by atoms with Gasteiger partial charge in [-0.3, -0.25) is 4.90 Å². The van der Waals surface area contributed by atoms with Gasteiger partial charge in [0.05, 0.1) is 5.60 Å². The molecule has 0 atom stereocenters. The molecule has 2 rings (SSSR count). The van der Waals surface area contributed by atoms with Crippen LogP contribution in [0.4, 0.5) is 0 Å². The third-order valence-electron chi connectivity index (χ3n) is 3.73. The number of rotatable bonds is 2. The van der Waals surface area contributed by atoms with Crippen molar-refractivity contribution in [2.45, 2.75) is 44.1 Å². The summed E-state index contributed by atoms with van der Waals surface area (Å²) in [4.78, 5) is 2.44. The number of hydrogen-bond acceptors (Lipinski definition) is 3. The summed E-state index contributed by atoms with van der Waals surface area (Å²) in [5, 5.41) is 13.9. The molecule has 1 aliphatic carbocycles. The largest absolute Gasteiger partial charge is 0.389 e. The molecular weight excluding hydrogens is 188 g/mol. The quantitative estimate of drug-likeness (QED) is 0.716. The van der Waals surface area contributed by atoms with Crippen LogP contribution < -0.4 is 5.32 Å². The van der Waals surface area contributed by atoms with Gasteiger partial charge in [-0.15, -0.1) is 0 Å². The van der Waals surface area contributed by atoms with Crippen LogP contribution >= 0.6 is 0 Å². The lowest BCUT2D eigenvalue weighted by Gasteiger charge is -2.36. The van der Waals surface area contributed by atoms with Gasteiger partial charge in [-0.25, -0.2) is 0 Å². The highest BCUT2D eigenvalue weighted by Gasteiger charge is 2.31. The standard InChI is InChI=1S/C12H24N2O/c15-12(5-2-1-3-6-12)11-14-9-4-7-13-8-10-14/h13,15H,1-11H2. The Labute approximate surface area is 92.8 Å². The predicted octanol–water partition coefficient (Wildman–Crippen LogP) is 0.977. The molecule has 1 saturated heterocycles. The Hall–Kier alpha value is -0.120. The van der Waals surface area contributed by atoms with Crippen molar-refractivity contribution in [1.29, 1.82) is 0 Å². The summed E-state index contributed by atoms with van der Waals surface area (Å²) in [6.45, 7) is 5.36. The van der Waals surface area contributed by atoms with Crippen LogP contribution in [0.15, 0.2) is 0 Å². The zero-order valence-corrected chi connectivity index (χ0v) is 9.67. The van der Waals surface area contributed by atoms with Crippen LogP contribution in [0.5, 0.6) is 0 Å². The molecule has 1 heterocycles. The van der Waals surface area contributed by atoms with Gasteiger partial charge in [-0.2, -0.15) is 0 Å². The van der Waals surface area contributed by atoms with Crippen molar-refractivity contribution in [1.82, 2.24) is 10.2 Å². The van der Waals surface area contributed by atoms with Crippen molar-refractivity contribution in [3.63, 3.8) is 0 Å². The number of β-amino-alcohol motifs (C(OH)–C–C–N with tert-alkyl or cyclic N) is 1. The molecule has 3 heteroatoms. The summed E-state index contributed by atoms with van der Waals surface area (Å²) < 4.78 is 0. The first-order valence-electron chi connectivity index (χ1n) is 6.44. The minimum atomic E-state index is -0.372. The van der Waals surface area contributed by atoms with Crippen LogP contribution in [0.1, 0.15) is 38.5 Å². The van der Waals surface area contributed by atoms with E-state index >= 15 is 0 Å². The van der Waals surface area contributed by atoms with E-state index in [2.05, 4.69) is 10.2 Å². The van der Waals surface area contributed by atoms with Crippen LogP contribution in [0.3, 0.4) is 0 Å². The third-order valence-corrected chi connectivity index (χ3v) is 3.73. The molecule has 15 heavy (non-hydrogen) atoms. The Balaban J connectivity index is 1.82. The lowest BCUT2D eigenvalue weighted by Crippen LogP contribution is -2.45. The molecular formula is C12H24N2O. The molecule has 88 valence electrons. The summed E-state index contributed by atoms with van der Waals surface area (Å²) in [6, 6.07) is 0. The van der Waals surface area contributed by atoms with Gasteiger partial charge in [0.25, 0.3) is 0 Å². The highest BCUT2D eigenvalue weighted by molar-refractivity contribution is 4.86. The molecule has 3 nitrogen and oxygen atoms in total. The molecule has 0 aromatic rings. The third kappa shape index (κ3) is 3.44. The van der Waals surface area contributed by atoms with Gasteiger partial charge in [0.2, 0.25) is 0 Å². The predicted molar refractivity (Wildman–Crippen MR) is 62.0 cm³/mol. The Morgan fingerprint density at radius 2 is 1.80 bits per heavy atom. The first kappa shape index (κ1) is 11.4. The average Bonchev–Trinajstić information content (AvgIpc) is 2.47. The molecule has 2 aliphatic rings. The topological polar surface area (TPSA) is 35.5 Å². The molecule has 0 spiro atoms. The maximum atomic E-state index is 10.5. The van der Waals surface area contributed by atoms with Crippen molar-refractivity contribution in [3.05, 3.63) is 0 Å². The lowest BCUT2D eigenvalue weighted by molar-refractivity contribution is -0.0249. The van der Waals surface area contributed by atoms with Crippen LogP contribution in [0, 0.1) is 0 Å². The van der Waals surface area contributed by atoms with E-state index in [0.717, 1.165) is 45.6 Å². The summed E-state index contributed by atoms with van der Waals surface area (Å²) in [5.74, 6) is 0. The Morgan fingerprint density at radius 3 is 2.60 bits per heavy atom. The molecule has 1 saturated carbocycles. The summed E-state index contributed by atoms with van der Waals surface area (Å²) >= 11 is 0. The number of aliphatic hydroxyl groups is 1. The molecule has 1 aliphatic heterocycles. The van der Waals surface area contributed by atoms with Crippen LogP contribution in [-0.2, 0) is 0 Å². The van der Waals surface area contributed by atoms with Crippen LogP contribution in [-0.4, -0.2) is 48.3 Å². The molecule has 2 N–H and O–H groups in total. The van der Waals surface area contributed by atoms with E-state index in [-0.39, 0.29) is 5.60 Å². The fraction of sp³-hybridized carbons (Fsp3) is 1.00. The van der Waals surface area contributed by atoms with Crippen LogP contribution in [0.25, 0.3) is 0 Å². The van der Waals surface area contributed by atoms with Crippen molar-refractivity contribution in [2.75, 3.05) is 32.7 Å². The Morgan fingerprint density at radius 1 is 1.00 bits per heavy atom. The van der Waals surface area contributed by atoms with E-state index in [0.29, 0.717) is 0 Å². The normalized spacial score (nSPS) is 28.6. The van der Waals surface area contributed by atoms with E-state index in [1.54, 1.807) is 0 Å². The number of hydrogen-bond donors (Lipinski definition) is 2. The molecule has 0 radical (unpaired) electrons. The smallest absolute Gasteiger partial charge is 0.0774 e. The zero-order chi connectivity index (χ0) is 10.6. The highest BCUT2D eigenvalue weighted by atomic mass is 16.3. The SMILES string of the molecule is OC1(CN2CCCNCC2)CCCCC1. The monoisotopic (exact) mass is 212 g/mol. The first-order valence-corrected chi connectivity index (χ1v) is 6.44. The fourth-order valence-corrected chi connectivity index (χ4v) is 2.84. The van der Waals surface area contributed by atoms with E-state index in [1.807, 2.05) is 0 Å². The summed E-state index contributed by atoms with van der Waals surface area (Å²) in [6.07, 6.45) is 6.97. The molecule has 2 fully saturated rings. The lowest BCUT2D eigenvalue weighted by atomic mass is 9.84. The number of nitrogens with zero attached hydrogens (tertiary/aromatic N) is 1. The van der Waals surface area contributed by atoms with Crippen LogP contribution in [0.2, 0.25) is 0 Å². The molecule has 0 aromatic heterocycles. The van der Waals surface area contributed by atoms with Crippen molar-refractivity contribution >= 4 is 0 Å². The zero-order valence-electron chi connectivity index (χ0n) is 9.67. The van der Waals surface area contributed by atoms with Gasteiger partial charge in [-0.05, 0) is 32.4 Å². The van der Waals surface area contributed by atoms with Crippen molar-refractivity contribution in [2.24, 2.45) is 0 Å². The van der Waals surface area contributed by atoms with Gasteiger partial charge in [-0.1, -0.05) is 19.3 Å². The minimum Gasteiger partial charge on any atom is -0.389 e. The second-order valence-corrected chi connectivity index (χ2v) is 5.16. The molecule has 0 amide bonds. The average molecular weight is 212 g/mol. The fourth-order valence-electron chi connectivity index (χ4n) is 2.84. The van der Waals surface area contributed by atoms with Gasteiger partial charge < -0.3 is 10.4 Å². The summed E-state index contributed by atoms with van der Waals surface area (Å²) in [5.41, 5.74) is -0.372. The maximum absolute atomic E-state index is 10.5. The van der Waals surface area contributed by atoms with Crippen molar-refractivity contribution < 1.29 is 5.11 Å². The highest BCUT2D eigenvalue weighted by Crippen LogP contribution is 2.28. The van der Waals surface area contributed by atoms with E-state index in [1.165, 1.54) is 25.7 Å². The molecule has 0 unspecified atom stereocenters. The Kier molecular flexibility index (Phi) is 4.00. The maximum Gasteiger partial charge on any atom is 0.0774 e. The van der Waals surface area contributed by atoms with E-state index in [9.17, 15) is 5.11 Å². The first-order chi connectivity index (χ1) is 7.29. The molecule has 0 aromatic carbocycles. The Bertz CT molecular complexity index is 182.